The normalized spacial score (nSPS) is 17.8. The number of para-hydroxylation sites is 2. The molecular formula is C16H16N2O. The maximum absolute atomic E-state index is 12.4. The molecule has 0 aromatic heterocycles. The molecule has 1 atom stereocenters. The van der Waals surface area contributed by atoms with Gasteiger partial charge in [-0.25, -0.2) is 0 Å². The predicted molar refractivity (Wildman–Crippen MR) is 77.4 cm³/mol. The van der Waals surface area contributed by atoms with Gasteiger partial charge in [0.05, 0.1) is 11.4 Å². The number of amides is 1. The van der Waals surface area contributed by atoms with Gasteiger partial charge in [-0.05, 0) is 17.7 Å². The lowest BCUT2D eigenvalue weighted by Gasteiger charge is -2.33. The van der Waals surface area contributed by atoms with E-state index >= 15 is 0 Å². The molecule has 1 aliphatic heterocycles. The van der Waals surface area contributed by atoms with E-state index < -0.39 is 0 Å². The van der Waals surface area contributed by atoms with Gasteiger partial charge in [-0.2, -0.15) is 0 Å². The fourth-order valence-electron chi connectivity index (χ4n) is 2.48. The molecule has 19 heavy (non-hydrogen) atoms. The molecule has 0 saturated heterocycles. The zero-order valence-electron chi connectivity index (χ0n) is 10.8. The molecule has 1 heterocycles. The van der Waals surface area contributed by atoms with E-state index in [1.165, 1.54) is 5.56 Å². The van der Waals surface area contributed by atoms with Crippen LogP contribution in [0.3, 0.4) is 0 Å². The number of hydrogen-bond acceptors (Lipinski definition) is 2. The summed E-state index contributed by atoms with van der Waals surface area (Å²) in [4.78, 5) is 14.1. The highest BCUT2D eigenvalue weighted by Gasteiger charge is 2.29. The van der Waals surface area contributed by atoms with Crippen molar-refractivity contribution in [1.29, 1.82) is 0 Å². The van der Waals surface area contributed by atoms with Crippen LogP contribution in [0, 0.1) is 0 Å². The summed E-state index contributed by atoms with van der Waals surface area (Å²) in [5.74, 6) is 0.113. The molecule has 0 radical (unpaired) electrons. The van der Waals surface area contributed by atoms with E-state index in [4.69, 9.17) is 0 Å². The smallest absolute Gasteiger partial charge is 0.249 e. The number of nitrogens with zero attached hydrogens (tertiary/aromatic N) is 1. The van der Waals surface area contributed by atoms with Crippen LogP contribution in [0.15, 0.2) is 54.6 Å². The SMILES string of the molecule is CN1C(=O)[C@H](Cc2ccccc2)Nc2ccccc21. The van der Waals surface area contributed by atoms with Gasteiger partial charge in [0.1, 0.15) is 6.04 Å². The third-order valence-corrected chi connectivity index (χ3v) is 3.51. The van der Waals surface area contributed by atoms with Gasteiger partial charge < -0.3 is 10.2 Å². The van der Waals surface area contributed by atoms with E-state index in [0.29, 0.717) is 6.42 Å². The molecule has 2 aromatic carbocycles. The summed E-state index contributed by atoms with van der Waals surface area (Å²) < 4.78 is 0. The van der Waals surface area contributed by atoms with E-state index in [0.717, 1.165) is 11.4 Å². The number of rotatable bonds is 2. The molecule has 3 heteroatoms. The Bertz CT molecular complexity index is 595. The molecule has 0 fully saturated rings. The quantitative estimate of drug-likeness (QED) is 0.891. The molecule has 0 saturated carbocycles. The van der Waals surface area contributed by atoms with Crippen LogP contribution >= 0.6 is 0 Å². The minimum absolute atomic E-state index is 0.113. The predicted octanol–water partition coefficient (Wildman–Crippen LogP) is 2.69. The number of hydrogen-bond donors (Lipinski definition) is 1. The Morgan fingerprint density at radius 1 is 1.05 bits per heavy atom. The highest BCUT2D eigenvalue weighted by atomic mass is 16.2. The van der Waals surface area contributed by atoms with Crippen LogP contribution in [0.2, 0.25) is 0 Å². The Labute approximate surface area is 112 Å². The van der Waals surface area contributed by atoms with Gasteiger partial charge in [0.25, 0.3) is 0 Å². The first-order valence-electron chi connectivity index (χ1n) is 6.43. The van der Waals surface area contributed by atoms with Crippen molar-refractivity contribution in [1.82, 2.24) is 0 Å². The van der Waals surface area contributed by atoms with E-state index in [1.807, 2.05) is 49.5 Å². The van der Waals surface area contributed by atoms with Gasteiger partial charge in [-0.1, -0.05) is 42.5 Å². The van der Waals surface area contributed by atoms with Gasteiger partial charge >= 0.3 is 0 Å². The minimum atomic E-state index is -0.192. The van der Waals surface area contributed by atoms with Crippen molar-refractivity contribution < 1.29 is 4.79 Å². The molecule has 0 aliphatic carbocycles. The van der Waals surface area contributed by atoms with Crippen molar-refractivity contribution in [2.45, 2.75) is 12.5 Å². The largest absolute Gasteiger partial charge is 0.372 e. The van der Waals surface area contributed by atoms with E-state index in [2.05, 4.69) is 17.4 Å². The monoisotopic (exact) mass is 252 g/mol. The summed E-state index contributed by atoms with van der Waals surface area (Å²) in [5, 5.41) is 3.33. The van der Waals surface area contributed by atoms with Crippen LogP contribution in [0.1, 0.15) is 5.56 Å². The first-order chi connectivity index (χ1) is 9.25. The van der Waals surface area contributed by atoms with Gasteiger partial charge in [-0.3, -0.25) is 4.79 Å². The van der Waals surface area contributed by atoms with Crippen molar-refractivity contribution in [3.05, 3.63) is 60.2 Å². The summed E-state index contributed by atoms with van der Waals surface area (Å²) in [7, 11) is 1.83. The summed E-state index contributed by atoms with van der Waals surface area (Å²) in [6.45, 7) is 0. The van der Waals surface area contributed by atoms with Crippen molar-refractivity contribution in [3.8, 4) is 0 Å². The highest BCUT2D eigenvalue weighted by molar-refractivity contribution is 6.04. The van der Waals surface area contributed by atoms with Crippen LogP contribution in [0.25, 0.3) is 0 Å². The number of likely N-dealkylation sites (N-methyl/N-ethyl adjacent to an activating group) is 1. The fourth-order valence-corrected chi connectivity index (χ4v) is 2.48. The molecule has 96 valence electrons. The minimum Gasteiger partial charge on any atom is -0.372 e. The number of nitrogens with one attached hydrogen (secondary N) is 1. The van der Waals surface area contributed by atoms with Crippen molar-refractivity contribution >= 4 is 17.3 Å². The molecular weight excluding hydrogens is 236 g/mol. The molecule has 3 rings (SSSR count). The average molecular weight is 252 g/mol. The molecule has 0 bridgehead atoms. The second kappa shape index (κ2) is 4.76. The topological polar surface area (TPSA) is 32.3 Å². The van der Waals surface area contributed by atoms with Gasteiger partial charge in [0, 0.05) is 13.5 Å². The van der Waals surface area contributed by atoms with Crippen molar-refractivity contribution in [2.24, 2.45) is 0 Å². The van der Waals surface area contributed by atoms with Gasteiger partial charge in [0.15, 0.2) is 0 Å². The molecule has 0 spiro atoms. The summed E-state index contributed by atoms with van der Waals surface area (Å²) in [5.41, 5.74) is 3.13. The van der Waals surface area contributed by atoms with Crippen LogP contribution in [-0.4, -0.2) is 19.0 Å². The first kappa shape index (κ1) is 11.8. The summed E-state index contributed by atoms with van der Waals surface area (Å²) in [6, 6.07) is 17.8. The van der Waals surface area contributed by atoms with Crippen LogP contribution in [0.5, 0.6) is 0 Å². The van der Waals surface area contributed by atoms with Crippen LogP contribution < -0.4 is 10.2 Å². The molecule has 0 unspecified atom stereocenters. The first-order valence-corrected chi connectivity index (χ1v) is 6.43. The second-order valence-corrected chi connectivity index (χ2v) is 4.80. The fraction of sp³-hybridized carbons (Fsp3) is 0.188. The van der Waals surface area contributed by atoms with Crippen molar-refractivity contribution in [2.75, 3.05) is 17.3 Å². The van der Waals surface area contributed by atoms with Crippen LogP contribution in [0.4, 0.5) is 11.4 Å². The van der Waals surface area contributed by atoms with E-state index in [1.54, 1.807) is 4.90 Å². The average Bonchev–Trinajstić information content (AvgIpc) is 2.46. The Kier molecular flexibility index (Phi) is 2.95. The Hall–Kier alpha value is -2.29. The number of carbonyl (C=O) groups is 1. The summed E-state index contributed by atoms with van der Waals surface area (Å²) >= 11 is 0. The van der Waals surface area contributed by atoms with Crippen molar-refractivity contribution in [3.63, 3.8) is 0 Å². The van der Waals surface area contributed by atoms with Gasteiger partial charge in [-0.15, -0.1) is 0 Å². The number of benzene rings is 2. The van der Waals surface area contributed by atoms with E-state index in [-0.39, 0.29) is 11.9 Å². The zero-order valence-corrected chi connectivity index (χ0v) is 10.8. The maximum atomic E-state index is 12.4. The lowest BCUT2D eigenvalue weighted by molar-refractivity contribution is -0.119. The van der Waals surface area contributed by atoms with Crippen LogP contribution in [-0.2, 0) is 11.2 Å². The molecule has 3 nitrogen and oxygen atoms in total. The number of carbonyl (C=O) groups excluding carboxylic acids is 1. The third kappa shape index (κ3) is 2.19. The number of anilines is 2. The lowest BCUT2D eigenvalue weighted by Crippen LogP contribution is -2.46. The lowest BCUT2D eigenvalue weighted by atomic mass is 10.0. The zero-order chi connectivity index (χ0) is 13.2. The summed E-state index contributed by atoms with van der Waals surface area (Å²) in [6.07, 6.45) is 0.707. The third-order valence-electron chi connectivity index (χ3n) is 3.51. The maximum Gasteiger partial charge on any atom is 0.249 e. The molecule has 2 aromatic rings. The Morgan fingerprint density at radius 3 is 2.53 bits per heavy atom. The number of fused-ring (bicyclic) bond motifs is 1. The van der Waals surface area contributed by atoms with E-state index in [9.17, 15) is 4.79 Å². The molecule has 1 amide bonds. The Morgan fingerprint density at radius 2 is 1.74 bits per heavy atom. The standard InChI is InChI=1S/C16H16N2O/c1-18-15-10-6-5-9-13(15)17-14(16(18)19)11-12-7-3-2-4-8-12/h2-10,14,17H,11H2,1H3/t14-/m0/s1. The Balaban J connectivity index is 1.87. The van der Waals surface area contributed by atoms with Gasteiger partial charge in [0.2, 0.25) is 5.91 Å². The molecule has 1 N–H and O–H groups in total. The highest BCUT2D eigenvalue weighted by Crippen LogP contribution is 2.30. The molecule has 1 aliphatic rings. The second-order valence-electron chi connectivity index (χ2n) is 4.80.